The van der Waals surface area contributed by atoms with Gasteiger partial charge in [-0.05, 0) is 57.2 Å². The number of hydrogen-bond donors (Lipinski definition) is 1. The van der Waals surface area contributed by atoms with Crippen molar-refractivity contribution in [3.63, 3.8) is 0 Å². The number of rotatable bonds is 3. The summed E-state index contributed by atoms with van der Waals surface area (Å²) in [6.45, 7) is 6.48. The van der Waals surface area contributed by atoms with Gasteiger partial charge in [0.05, 0.1) is 11.1 Å². The molecule has 1 aliphatic heterocycles. The van der Waals surface area contributed by atoms with Gasteiger partial charge in [-0.3, -0.25) is 9.59 Å². The number of anilines is 2. The fourth-order valence-electron chi connectivity index (χ4n) is 2.87. The highest BCUT2D eigenvalue weighted by Crippen LogP contribution is 2.38. The molecule has 0 fully saturated rings. The summed E-state index contributed by atoms with van der Waals surface area (Å²) in [4.78, 5) is 26.9. The number of amides is 2. The van der Waals surface area contributed by atoms with Crippen LogP contribution in [-0.4, -0.2) is 25.0 Å². The topological polar surface area (TPSA) is 58.6 Å². The first-order valence-electron chi connectivity index (χ1n) is 8.47. The molecule has 6 heteroatoms. The monoisotopic (exact) mass is 372 g/mol. The first kappa shape index (κ1) is 18.3. The van der Waals surface area contributed by atoms with Crippen molar-refractivity contribution >= 4 is 34.8 Å². The third-order valence-corrected chi connectivity index (χ3v) is 4.56. The second-order valence-electron chi connectivity index (χ2n) is 6.87. The molecule has 136 valence electrons. The van der Waals surface area contributed by atoms with Gasteiger partial charge in [-0.1, -0.05) is 17.7 Å². The lowest BCUT2D eigenvalue weighted by atomic mass is 9.93. The predicted octanol–water partition coefficient (Wildman–Crippen LogP) is 4.36. The lowest BCUT2D eigenvalue weighted by Gasteiger charge is -2.27. The minimum Gasteiger partial charge on any atom is -0.490 e. The quantitative estimate of drug-likeness (QED) is 0.870. The summed E-state index contributed by atoms with van der Waals surface area (Å²) in [5, 5.41) is 3.34. The Labute approximate surface area is 157 Å². The van der Waals surface area contributed by atoms with E-state index >= 15 is 0 Å². The molecule has 26 heavy (non-hydrogen) atoms. The minimum absolute atomic E-state index is 0.00272. The van der Waals surface area contributed by atoms with Gasteiger partial charge < -0.3 is 15.0 Å². The molecule has 0 saturated heterocycles. The Morgan fingerprint density at radius 2 is 2.04 bits per heavy atom. The summed E-state index contributed by atoms with van der Waals surface area (Å²) < 4.78 is 5.83. The molecule has 1 heterocycles. The highest BCUT2D eigenvalue weighted by Gasteiger charge is 2.37. The number of halogens is 1. The third-order valence-electron chi connectivity index (χ3n) is 4.32. The van der Waals surface area contributed by atoms with E-state index in [-0.39, 0.29) is 11.8 Å². The van der Waals surface area contributed by atoms with E-state index in [1.807, 2.05) is 20.8 Å². The lowest BCUT2D eigenvalue weighted by molar-refractivity contribution is -0.127. The zero-order chi connectivity index (χ0) is 18.9. The maximum absolute atomic E-state index is 12.8. The number of ether oxygens (including phenoxy) is 1. The molecule has 1 aliphatic rings. The zero-order valence-electron chi connectivity index (χ0n) is 15.0. The summed E-state index contributed by atoms with van der Waals surface area (Å²) in [6.07, 6.45) is 0. The van der Waals surface area contributed by atoms with Crippen LogP contribution in [0.2, 0.25) is 5.02 Å². The lowest BCUT2D eigenvalue weighted by Crippen LogP contribution is -2.42. The van der Waals surface area contributed by atoms with Gasteiger partial charge in [0.2, 0.25) is 5.91 Å². The molecule has 0 saturated carbocycles. The summed E-state index contributed by atoms with van der Waals surface area (Å²) in [5.41, 5.74) is 1.10. The second-order valence-corrected chi connectivity index (χ2v) is 7.31. The Hall–Kier alpha value is -2.53. The molecule has 0 aromatic heterocycles. The van der Waals surface area contributed by atoms with Crippen LogP contribution >= 0.6 is 11.6 Å². The first-order chi connectivity index (χ1) is 12.3. The molecule has 2 aromatic carbocycles. The Morgan fingerprint density at radius 3 is 2.73 bits per heavy atom. The fourth-order valence-corrected chi connectivity index (χ4v) is 3.06. The van der Waals surface area contributed by atoms with Crippen LogP contribution in [0, 0.1) is 5.41 Å². The van der Waals surface area contributed by atoms with Crippen molar-refractivity contribution in [3.05, 3.63) is 53.1 Å². The van der Waals surface area contributed by atoms with Crippen molar-refractivity contribution < 1.29 is 14.3 Å². The maximum Gasteiger partial charge on any atom is 0.255 e. The van der Waals surface area contributed by atoms with Gasteiger partial charge in [0.1, 0.15) is 12.4 Å². The van der Waals surface area contributed by atoms with E-state index < -0.39 is 5.41 Å². The van der Waals surface area contributed by atoms with Crippen LogP contribution in [0.1, 0.15) is 31.1 Å². The van der Waals surface area contributed by atoms with E-state index in [1.54, 1.807) is 47.4 Å². The third kappa shape index (κ3) is 3.53. The van der Waals surface area contributed by atoms with Crippen molar-refractivity contribution in [3.8, 4) is 5.75 Å². The fraction of sp³-hybridized carbons (Fsp3) is 0.300. The largest absolute Gasteiger partial charge is 0.490 e. The van der Waals surface area contributed by atoms with Crippen molar-refractivity contribution in [1.29, 1.82) is 0 Å². The standard InChI is InChI=1S/C20H21ClN2O3/c1-4-23-16-11-15(22-18(24)13-6-5-7-14(21)10-13)8-9-17(16)26-12-20(2,3)19(23)25/h5-11H,4,12H2,1-3H3,(H,22,24). The molecule has 0 radical (unpaired) electrons. The number of fused-ring (bicyclic) bond motifs is 1. The summed E-state index contributed by atoms with van der Waals surface area (Å²) in [5.74, 6) is 0.361. The van der Waals surface area contributed by atoms with Crippen molar-refractivity contribution in [2.45, 2.75) is 20.8 Å². The van der Waals surface area contributed by atoms with Gasteiger partial charge in [0.25, 0.3) is 5.91 Å². The maximum atomic E-state index is 12.8. The van der Waals surface area contributed by atoms with Gasteiger partial charge in [0, 0.05) is 22.8 Å². The minimum atomic E-state index is -0.612. The SMILES string of the molecule is CCN1C(=O)C(C)(C)COc2ccc(NC(=O)c3cccc(Cl)c3)cc21. The molecule has 0 atom stereocenters. The molecular weight excluding hydrogens is 352 g/mol. The van der Waals surface area contributed by atoms with Crippen LogP contribution in [0.15, 0.2) is 42.5 Å². The van der Waals surface area contributed by atoms with E-state index in [9.17, 15) is 9.59 Å². The van der Waals surface area contributed by atoms with Crippen LogP contribution in [0.25, 0.3) is 0 Å². The molecule has 0 bridgehead atoms. The van der Waals surface area contributed by atoms with Gasteiger partial charge >= 0.3 is 0 Å². The van der Waals surface area contributed by atoms with E-state index in [1.165, 1.54) is 0 Å². The van der Waals surface area contributed by atoms with Gasteiger partial charge in [-0.15, -0.1) is 0 Å². The van der Waals surface area contributed by atoms with Crippen LogP contribution < -0.4 is 15.0 Å². The smallest absolute Gasteiger partial charge is 0.255 e. The van der Waals surface area contributed by atoms with E-state index in [0.29, 0.717) is 40.9 Å². The average molecular weight is 373 g/mol. The normalized spacial score (nSPS) is 15.7. The highest BCUT2D eigenvalue weighted by atomic mass is 35.5. The van der Waals surface area contributed by atoms with E-state index in [4.69, 9.17) is 16.3 Å². The van der Waals surface area contributed by atoms with E-state index in [2.05, 4.69) is 5.32 Å². The van der Waals surface area contributed by atoms with E-state index in [0.717, 1.165) is 0 Å². The molecule has 2 amide bonds. The Bertz CT molecular complexity index is 864. The van der Waals surface area contributed by atoms with Crippen molar-refractivity contribution in [2.75, 3.05) is 23.4 Å². The molecule has 3 rings (SSSR count). The van der Waals surface area contributed by atoms with Crippen LogP contribution in [-0.2, 0) is 4.79 Å². The Morgan fingerprint density at radius 1 is 1.27 bits per heavy atom. The molecular formula is C20H21ClN2O3. The average Bonchev–Trinajstić information content (AvgIpc) is 2.70. The highest BCUT2D eigenvalue weighted by molar-refractivity contribution is 6.31. The van der Waals surface area contributed by atoms with Gasteiger partial charge in [0.15, 0.2) is 0 Å². The molecule has 1 N–H and O–H groups in total. The number of carbonyl (C=O) groups excluding carboxylic acids is 2. The first-order valence-corrected chi connectivity index (χ1v) is 8.85. The molecule has 0 aliphatic carbocycles. The number of nitrogens with zero attached hydrogens (tertiary/aromatic N) is 1. The van der Waals surface area contributed by atoms with Crippen LogP contribution in [0.5, 0.6) is 5.75 Å². The van der Waals surface area contributed by atoms with Crippen molar-refractivity contribution in [2.24, 2.45) is 5.41 Å². The van der Waals surface area contributed by atoms with Gasteiger partial charge in [-0.25, -0.2) is 0 Å². The summed E-state index contributed by atoms with van der Waals surface area (Å²) in [7, 11) is 0. The number of benzene rings is 2. The van der Waals surface area contributed by atoms with Crippen LogP contribution in [0.4, 0.5) is 11.4 Å². The van der Waals surface area contributed by atoms with Crippen LogP contribution in [0.3, 0.4) is 0 Å². The zero-order valence-corrected chi connectivity index (χ0v) is 15.8. The second kappa shape index (κ2) is 7.00. The number of nitrogens with one attached hydrogen (secondary N) is 1. The molecule has 0 unspecified atom stereocenters. The molecule has 2 aromatic rings. The number of hydrogen-bond acceptors (Lipinski definition) is 3. The number of carbonyl (C=O) groups is 2. The Kier molecular flexibility index (Phi) is 4.92. The molecule has 5 nitrogen and oxygen atoms in total. The predicted molar refractivity (Wildman–Crippen MR) is 103 cm³/mol. The molecule has 0 spiro atoms. The Balaban J connectivity index is 1.91. The summed E-state index contributed by atoms with van der Waals surface area (Å²) in [6, 6.07) is 12.0. The van der Waals surface area contributed by atoms with Crippen molar-refractivity contribution in [1.82, 2.24) is 0 Å². The summed E-state index contributed by atoms with van der Waals surface area (Å²) >= 11 is 5.94. The van der Waals surface area contributed by atoms with Gasteiger partial charge in [-0.2, -0.15) is 0 Å².